The Balaban J connectivity index is 1.91. The Morgan fingerprint density at radius 1 is 1.43 bits per heavy atom. The van der Waals surface area contributed by atoms with E-state index in [-0.39, 0.29) is 12.1 Å². The second-order valence-corrected chi connectivity index (χ2v) is 6.96. The molecule has 1 aliphatic rings. The zero-order chi connectivity index (χ0) is 15.5. The van der Waals surface area contributed by atoms with E-state index in [9.17, 15) is 4.79 Å². The number of anilines is 1. The Labute approximate surface area is 133 Å². The van der Waals surface area contributed by atoms with Gasteiger partial charge in [-0.3, -0.25) is 0 Å². The molecule has 0 radical (unpaired) electrons. The van der Waals surface area contributed by atoms with Crippen LogP contribution in [0.25, 0.3) is 0 Å². The molecule has 0 spiro atoms. The molecule has 2 heterocycles. The van der Waals surface area contributed by atoms with E-state index in [4.69, 9.17) is 4.74 Å². The van der Waals surface area contributed by atoms with Crippen molar-refractivity contribution in [1.29, 1.82) is 0 Å². The van der Waals surface area contributed by atoms with E-state index in [1.165, 1.54) is 0 Å². The summed E-state index contributed by atoms with van der Waals surface area (Å²) < 4.78 is 6.01. The number of amides is 1. The highest BCUT2D eigenvalue weighted by Crippen LogP contribution is 2.18. The molecule has 1 atom stereocenters. The van der Waals surface area contributed by atoms with Crippen molar-refractivity contribution in [2.75, 3.05) is 18.0 Å². The van der Waals surface area contributed by atoms with Gasteiger partial charge < -0.3 is 15.0 Å². The number of hydrogen-bond acceptors (Lipinski definition) is 5. The van der Waals surface area contributed by atoms with E-state index in [2.05, 4.69) is 36.3 Å². The van der Waals surface area contributed by atoms with Crippen molar-refractivity contribution in [2.24, 2.45) is 0 Å². The molecular formula is C14H21BrN4O2. The predicted octanol–water partition coefficient (Wildman–Crippen LogP) is 2.73. The number of carbonyl (C=O) groups excluding carboxylic acids is 1. The zero-order valence-electron chi connectivity index (χ0n) is 12.6. The molecule has 1 fully saturated rings. The standard InChI is InChI=1S/C14H21BrN4O2/c1-14(2,3)21-13(20)16-10-5-4-8-19(9-10)12-7-6-11(15)17-18-12/h6-7,10H,4-5,8-9H2,1-3H3,(H,16,20)/t10-/m1/s1. The summed E-state index contributed by atoms with van der Waals surface area (Å²) >= 11 is 3.28. The number of nitrogens with one attached hydrogen (secondary N) is 1. The molecule has 0 saturated carbocycles. The van der Waals surface area contributed by atoms with Crippen molar-refractivity contribution in [1.82, 2.24) is 15.5 Å². The largest absolute Gasteiger partial charge is 0.444 e. The van der Waals surface area contributed by atoms with E-state index in [1.807, 2.05) is 32.9 Å². The molecule has 1 aliphatic heterocycles. The van der Waals surface area contributed by atoms with Crippen LogP contribution in [0.15, 0.2) is 16.7 Å². The fraction of sp³-hybridized carbons (Fsp3) is 0.643. The SMILES string of the molecule is CC(C)(C)OC(=O)N[C@@H]1CCCN(c2ccc(Br)nn2)C1. The van der Waals surface area contributed by atoms with Gasteiger partial charge in [0.2, 0.25) is 0 Å². The first kappa shape index (κ1) is 16.0. The van der Waals surface area contributed by atoms with Gasteiger partial charge in [0, 0.05) is 19.1 Å². The van der Waals surface area contributed by atoms with Crippen LogP contribution in [0.1, 0.15) is 33.6 Å². The molecule has 1 aromatic rings. The summed E-state index contributed by atoms with van der Waals surface area (Å²) in [7, 11) is 0. The maximum Gasteiger partial charge on any atom is 0.407 e. The molecule has 0 aliphatic carbocycles. The summed E-state index contributed by atoms with van der Waals surface area (Å²) in [6.07, 6.45) is 1.58. The van der Waals surface area contributed by atoms with E-state index in [0.29, 0.717) is 4.60 Å². The minimum Gasteiger partial charge on any atom is -0.444 e. The highest BCUT2D eigenvalue weighted by Gasteiger charge is 2.24. The molecule has 2 rings (SSSR count). The maximum atomic E-state index is 11.8. The molecule has 0 unspecified atom stereocenters. The normalized spacial score (nSPS) is 19.2. The Morgan fingerprint density at radius 3 is 2.81 bits per heavy atom. The van der Waals surface area contributed by atoms with Crippen molar-refractivity contribution in [3.05, 3.63) is 16.7 Å². The number of carbonyl (C=O) groups is 1. The van der Waals surface area contributed by atoms with Crippen molar-refractivity contribution < 1.29 is 9.53 Å². The van der Waals surface area contributed by atoms with Gasteiger partial charge in [-0.05, 0) is 61.7 Å². The molecule has 0 bridgehead atoms. The lowest BCUT2D eigenvalue weighted by Crippen LogP contribution is -2.49. The Bertz CT molecular complexity index is 487. The number of aromatic nitrogens is 2. The number of piperidine rings is 1. The minimum atomic E-state index is -0.477. The van der Waals surface area contributed by atoms with Gasteiger partial charge in [0.1, 0.15) is 10.2 Å². The number of hydrogen-bond donors (Lipinski definition) is 1. The molecule has 1 amide bonds. The number of halogens is 1. The number of nitrogens with zero attached hydrogens (tertiary/aromatic N) is 3. The van der Waals surface area contributed by atoms with E-state index in [0.717, 1.165) is 31.7 Å². The fourth-order valence-electron chi connectivity index (χ4n) is 2.25. The summed E-state index contributed by atoms with van der Waals surface area (Å²) in [5.41, 5.74) is -0.477. The smallest absolute Gasteiger partial charge is 0.407 e. The summed E-state index contributed by atoms with van der Waals surface area (Å²) in [5.74, 6) is 0.828. The monoisotopic (exact) mass is 356 g/mol. The molecule has 7 heteroatoms. The van der Waals surface area contributed by atoms with Crippen LogP contribution in [0.2, 0.25) is 0 Å². The second-order valence-electron chi connectivity index (χ2n) is 6.15. The van der Waals surface area contributed by atoms with Gasteiger partial charge in [-0.15, -0.1) is 10.2 Å². The van der Waals surface area contributed by atoms with Crippen LogP contribution in [-0.2, 0) is 4.74 Å². The number of ether oxygens (including phenoxy) is 1. The number of rotatable bonds is 2. The maximum absolute atomic E-state index is 11.8. The van der Waals surface area contributed by atoms with Crippen molar-refractivity contribution >= 4 is 27.8 Å². The third-order valence-electron chi connectivity index (χ3n) is 3.08. The van der Waals surface area contributed by atoms with Crippen LogP contribution in [0.4, 0.5) is 10.6 Å². The molecular weight excluding hydrogens is 336 g/mol. The molecule has 1 saturated heterocycles. The summed E-state index contributed by atoms with van der Waals surface area (Å²) in [6.45, 7) is 7.21. The van der Waals surface area contributed by atoms with Crippen LogP contribution < -0.4 is 10.2 Å². The Morgan fingerprint density at radius 2 is 2.19 bits per heavy atom. The van der Waals surface area contributed by atoms with E-state index in [1.54, 1.807) is 0 Å². The van der Waals surface area contributed by atoms with Crippen LogP contribution in [-0.4, -0.2) is 41.0 Å². The molecule has 0 aromatic carbocycles. The van der Waals surface area contributed by atoms with Crippen LogP contribution in [0, 0.1) is 0 Å². The van der Waals surface area contributed by atoms with E-state index >= 15 is 0 Å². The summed E-state index contributed by atoms with van der Waals surface area (Å²) in [4.78, 5) is 14.0. The highest BCUT2D eigenvalue weighted by molar-refractivity contribution is 9.10. The van der Waals surface area contributed by atoms with Gasteiger partial charge in [-0.1, -0.05) is 0 Å². The average Bonchev–Trinajstić information content (AvgIpc) is 2.37. The first-order valence-electron chi connectivity index (χ1n) is 7.07. The van der Waals surface area contributed by atoms with Gasteiger partial charge in [-0.25, -0.2) is 4.79 Å². The first-order chi connectivity index (χ1) is 9.83. The van der Waals surface area contributed by atoms with Crippen LogP contribution >= 0.6 is 15.9 Å². The Kier molecular flexibility index (Phi) is 5.03. The van der Waals surface area contributed by atoms with Gasteiger partial charge in [0.05, 0.1) is 0 Å². The quantitative estimate of drug-likeness (QED) is 0.882. The fourth-order valence-corrected chi connectivity index (χ4v) is 2.47. The average molecular weight is 357 g/mol. The van der Waals surface area contributed by atoms with Crippen LogP contribution in [0.3, 0.4) is 0 Å². The minimum absolute atomic E-state index is 0.0686. The molecule has 116 valence electrons. The lowest BCUT2D eigenvalue weighted by atomic mass is 10.1. The van der Waals surface area contributed by atoms with Crippen molar-refractivity contribution in [3.63, 3.8) is 0 Å². The van der Waals surface area contributed by atoms with Gasteiger partial charge in [-0.2, -0.15) is 0 Å². The topological polar surface area (TPSA) is 67.3 Å². The summed E-state index contributed by atoms with van der Waals surface area (Å²) in [5, 5.41) is 11.1. The summed E-state index contributed by atoms with van der Waals surface area (Å²) in [6, 6.07) is 3.86. The Hall–Kier alpha value is -1.37. The van der Waals surface area contributed by atoms with Gasteiger partial charge in [0.25, 0.3) is 0 Å². The number of alkyl carbamates (subject to hydrolysis) is 1. The molecule has 1 N–H and O–H groups in total. The van der Waals surface area contributed by atoms with Gasteiger partial charge >= 0.3 is 6.09 Å². The first-order valence-corrected chi connectivity index (χ1v) is 7.86. The molecule has 1 aromatic heterocycles. The van der Waals surface area contributed by atoms with Gasteiger partial charge in [0.15, 0.2) is 5.82 Å². The molecule has 6 nitrogen and oxygen atoms in total. The third-order valence-corrected chi connectivity index (χ3v) is 3.51. The zero-order valence-corrected chi connectivity index (χ0v) is 14.2. The van der Waals surface area contributed by atoms with Crippen LogP contribution in [0.5, 0.6) is 0 Å². The predicted molar refractivity (Wildman–Crippen MR) is 84.3 cm³/mol. The van der Waals surface area contributed by atoms with Crippen molar-refractivity contribution in [2.45, 2.75) is 45.3 Å². The van der Waals surface area contributed by atoms with Crippen molar-refractivity contribution in [3.8, 4) is 0 Å². The second kappa shape index (κ2) is 6.60. The highest BCUT2D eigenvalue weighted by atomic mass is 79.9. The van der Waals surface area contributed by atoms with E-state index < -0.39 is 5.60 Å². The molecule has 21 heavy (non-hydrogen) atoms. The lowest BCUT2D eigenvalue weighted by Gasteiger charge is -2.34. The lowest BCUT2D eigenvalue weighted by molar-refractivity contribution is 0.0500. The third kappa shape index (κ3) is 5.15.